The first-order valence-electron chi connectivity index (χ1n) is 10.5. The van der Waals surface area contributed by atoms with Crippen molar-refractivity contribution in [1.29, 1.82) is 0 Å². The highest BCUT2D eigenvalue weighted by Crippen LogP contribution is 2.34. The van der Waals surface area contributed by atoms with Gasteiger partial charge in [0.05, 0.1) is 17.6 Å². The lowest BCUT2D eigenvalue weighted by molar-refractivity contribution is 0.0720. The number of sulfonamides is 1. The largest absolute Gasteiger partial charge is 0.497 e. The van der Waals surface area contributed by atoms with Crippen molar-refractivity contribution in [3.63, 3.8) is 0 Å². The van der Waals surface area contributed by atoms with Gasteiger partial charge in [-0.25, -0.2) is 8.42 Å². The van der Waals surface area contributed by atoms with E-state index in [0.717, 1.165) is 34.8 Å². The van der Waals surface area contributed by atoms with Gasteiger partial charge in [-0.3, -0.25) is 4.79 Å². The van der Waals surface area contributed by atoms with Crippen LogP contribution in [0.4, 0.5) is 0 Å². The minimum atomic E-state index is -3.69. The predicted octanol–water partition coefficient (Wildman–Crippen LogP) is 4.50. The van der Waals surface area contributed by atoms with Crippen molar-refractivity contribution in [3.05, 3.63) is 48.0 Å². The molecule has 0 saturated carbocycles. The van der Waals surface area contributed by atoms with E-state index in [9.17, 15) is 13.2 Å². The van der Waals surface area contributed by atoms with Crippen molar-refractivity contribution in [1.82, 2.24) is 9.21 Å². The number of methoxy groups -OCH3 is 1. The maximum absolute atomic E-state index is 13.4. The maximum Gasteiger partial charge on any atom is 0.255 e. The summed E-state index contributed by atoms with van der Waals surface area (Å²) in [6.07, 6.45) is 3.06. The highest BCUT2D eigenvalue weighted by molar-refractivity contribution is 7.99. The van der Waals surface area contributed by atoms with Crippen LogP contribution in [0.2, 0.25) is 0 Å². The Balaban J connectivity index is 2.01. The number of hydrogen-bond donors (Lipinski definition) is 0. The molecule has 0 unspecified atom stereocenters. The molecule has 0 spiro atoms. The van der Waals surface area contributed by atoms with Crippen molar-refractivity contribution in [3.8, 4) is 5.75 Å². The average molecular weight is 463 g/mol. The zero-order valence-corrected chi connectivity index (χ0v) is 20.1. The number of nitrogens with zero attached hydrogens (tertiary/aromatic N) is 2. The average Bonchev–Trinajstić information content (AvgIpc) is 2.79. The lowest BCUT2D eigenvalue weighted by Gasteiger charge is -2.28. The van der Waals surface area contributed by atoms with Gasteiger partial charge >= 0.3 is 0 Å². The van der Waals surface area contributed by atoms with E-state index < -0.39 is 10.0 Å². The molecule has 0 radical (unpaired) electrons. The summed E-state index contributed by atoms with van der Waals surface area (Å²) in [5.41, 5.74) is 0.431. The summed E-state index contributed by atoms with van der Waals surface area (Å²) in [6, 6.07) is 12.3. The zero-order chi connectivity index (χ0) is 22.6. The molecule has 31 heavy (non-hydrogen) atoms. The molecule has 0 aliphatic carbocycles. The summed E-state index contributed by atoms with van der Waals surface area (Å²) in [5.74, 6) is 0.645. The first kappa shape index (κ1) is 23.6. The third-order valence-electron chi connectivity index (χ3n) is 5.52. The van der Waals surface area contributed by atoms with E-state index in [-0.39, 0.29) is 16.8 Å². The third kappa shape index (κ3) is 5.42. The van der Waals surface area contributed by atoms with Crippen LogP contribution in [-0.4, -0.2) is 56.8 Å². The number of carbonyl (C=O) groups excluding carboxylic acids is 1. The Morgan fingerprint density at radius 3 is 2.29 bits per heavy atom. The van der Waals surface area contributed by atoms with Gasteiger partial charge in [-0.15, -0.1) is 0 Å². The number of amides is 1. The van der Waals surface area contributed by atoms with E-state index in [1.165, 1.54) is 22.1 Å². The van der Waals surface area contributed by atoms with Crippen LogP contribution in [0.3, 0.4) is 0 Å². The van der Waals surface area contributed by atoms with Gasteiger partial charge in [-0.2, -0.15) is 4.31 Å². The van der Waals surface area contributed by atoms with Gasteiger partial charge in [0.2, 0.25) is 10.0 Å². The number of likely N-dealkylation sites (tertiary alicyclic amines) is 1. The standard InChI is InChI=1S/C23H30N2O4S2/c1-17(2)24(3)31(27,28)20-12-13-22(30-19-10-8-18(29-4)9-11-19)21(16-20)23(26)25-14-6-5-7-15-25/h8-13,16-17H,5-7,14-15H2,1-4H3. The molecule has 1 aliphatic heterocycles. The zero-order valence-electron chi connectivity index (χ0n) is 18.5. The maximum atomic E-state index is 13.4. The highest BCUT2D eigenvalue weighted by atomic mass is 32.2. The molecule has 1 aliphatic rings. The second kappa shape index (κ2) is 10.1. The summed E-state index contributed by atoms with van der Waals surface area (Å²) in [4.78, 5) is 17.0. The van der Waals surface area contributed by atoms with Crippen LogP contribution in [0.25, 0.3) is 0 Å². The molecule has 2 aromatic rings. The molecule has 168 valence electrons. The Morgan fingerprint density at radius 1 is 1.06 bits per heavy atom. The van der Waals surface area contributed by atoms with Gasteiger partial charge < -0.3 is 9.64 Å². The molecule has 1 heterocycles. The van der Waals surface area contributed by atoms with Gasteiger partial charge in [0, 0.05) is 36.0 Å². The highest BCUT2D eigenvalue weighted by Gasteiger charge is 2.27. The van der Waals surface area contributed by atoms with Crippen LogP contribution in [0.5, 0.6) is 5.75 Å². The molecular weight excluding hydrogens is 432 g/mol. The molecule has 6 nitrogen and oxygen atoms in total. The van der Waals surface area contributed by atoms with Crippen LogP contribution < -0.4 is 4.74 Å². The Bertz CT molecular complexity index is 1010. The van der Waals surface area contributed by atoms with E-state index in [4.69, 9.17) is 4.74 Å². The fraction of sp³-hybridized carbons (Fsp3) is 0.435. The minimum Gasteiger partial charge on any atom is -0.497 e. The fourth-order valence-corrected chi connectivity index (χ4v) is 5.72. The van der Waals surface area contributed by atoms with Gasteiger partial charge in [0.15, 0.2) is 0 Å². The van der Waals surface area contributed by atoms with Crippen molar-refractivity contribution < 1.29 is 17.9 Å². The van der Waals surface area contributed by atoms with Crippen molar-refractivity contribution >= 4 is 27.7 Å². The Kier molecular flexibility index (Phi) is 7.67. The Hall–Kier alpha value is -2.03. The first-order valence-corrected chi connectivity index (χ1v) is 12.7. The van der Waals surface area contributed by atoms with E-state index in [0.29, 0.717) is 18.7 Å². The number of hydrogen-bond acceptors (Lipinski definition) is 5. The Morgan fingerprint density at radius 2 is 1.71 bits per heavy atom. The molecule has 1 fully saturated rings. The monoisotopic (exact) mass is 462 g/mol. The van der Waals surface area contributed by atoms with E-state index >= 15 is 0 Å². The van der Waals surface area contributed by atoms with E-state index in [1.54, 1.807) is 26.3 Å². The fourth-order valence-electron chi connectivity index (χ4n) is 3.41. The molecule has 0 bridgehead atoms. The SMILES string of the molecule is COc1ccc(Sc2ccc(S(=O)(=O)N(C)C(C)C)cc2C(=O)N2CCCCC2)cc1. The van der Waals surface area contributed by atoms with Gasteiger partial charge in [0.1, 0.15) is 5.75 Å². The van der Waals surface area contributed by atoms with Crippen LogP contribution in [0.15, 0.2) is 57.2 Å². The summed E-state index contributed by atoms with van der Waals surface area (Å²) < 4.78 is 32.6. The first-order chi connectivity index (χ1) is 14.7. The lowest BCUT2D eigenvalue weighted by Crippen LogP contribution is -2.36. The van der Waals surface area contributed by atoms with Crippen molar-refractivity contribution in [2.45, 2.75) is 53.8 Å². The van der Waals surface area contributed by atoms with Crippen LogP contribution >= 0.6 is 11.8 Å². The van der Waals surface area contributed by atoms with E-state index in [1.807, 2.05) is 43.0 Å². The molecule has 1 saturated heterocycles. The summed E-state index contributed by atoms with van der Waals surface area (Å²) >= 11 is 1.45. The van der Waals surface area contributed by atoms with Crippen molar-refractivity contribution in [2.75, 3.05) is 27.2 Å². The quantitative estimate of drug-likeness (QED) is 0.606. The molecule has 0 aromatic heterocycles. The molecule has 8 heteroatoms. The number of piperidine rings is 1. The van der Waals surface area contributed by atoms with Gasteiger partial charge in [-0.05, 0) is 75.6 Å². The predicted molar refractivity (Wildman–Crippen MR) is 123 cm³/mol. The molecule has 0 N–H and O–H groups in total. The van der Waals surface area contributed by atoms with Gasteiger partial charge in [0.25, 0.3) is 5.91 Å². The summed E-state index contributed by atoms with van der Waals surface area (Å²) in [7, 11) is -0.509. The molecule has 2 aromatic carbocycles. The lowest BCUT2D eigenvalue weighted by atomic mass is 10.1. The Labute approximate surface area is 189 Å². The number of benzene rings is 2. The van der Waals surface area contributed by atoms with Crippen LogP contribution in [-0.2, 0) is 10.0 Å². The van der Waals surface area contributed by atoms with Crippen LogP contribution in [0.1, 0.15) is 43.5 Å². The third-order valence-corrected chi connectivity index (χ3v) is 8.63. The second-order valence-electron chi connectivity index (χ2n) is 7.90. The topological polar surface area (TPSA) is 66.9 Å². The number of ether oxygens (including phenoxy) is 1. The van der Waals surface area contributed by atoms with Crippen LogP contribution in [0, 0.1) is 0 Å². The molecule has 0 atom stereocenters. The number of carbonyl (C=O) groups is 1. The minimum absolute atomic E-state index is 0.111. The normalized spacial score (nSPS) is 14.8. The molecule has 1 amide bonds. The van der Waals surface area contributed by atoms with Gasteiger partial charge in [-0.1, -0.05) is 11.8 Å². The molecule has 3 rings (SSSR count). The second-order valence-corrected chi connectivity index (χ2v) is 11.0. The summed E-state index contributed by atoms with van der Waals surface area (Å²) in [6.45, 7) is 5.05. The number of rotatable bonds is 7. The molecular formula is C23H30N2O4S2. The van der Waals surface area contributed by atoms with E-state index in [2.05, 4.69) is 0 Å². The van der Waals surface area contributed by atoms with Crippen molar-refractivity contribution in [2.24, 2.45) is 0 Å². The summed E-state index contributed by atoms with van der Waals surface area (Å²) in [5, 5.41) is 0. The smallest absolute Gasteiger partial charge is 0.255 e.